The zero-order valence-corrected chi connectivity index (χ0v) is 53.1. The maximum Gasteiger partial charge on any atom is 0.330 e. The van der Waals surface area contributed by atoms with Gasteiger partial charge in [0, 0.05) is 79.6 Å². The van der Waals surface area contributed by atoms with Crippen molar-refractivity contribution in [1.82, 2.24) is 0 Å². The zero-order valence-electron chi connectivity index (χ0n) is 53.1. The number of aliphatic hydroxyl groups excluding tert-OH is 1. The average molecular weight is 1210 g/mol. The average Bonchev–Trinajstić information content (AvgIpc) is 1.67. The molecule has 0 aromatic rings. The van der Waals surface area contributed by atoms with Crippen LogP contribution in [0, 0.1) is 22.7 Å². The van der Waals surface area contributed by atoms with E-state index in [0.717, 1.165) is 11.1 Å². The van der Waals surface area contributed by atoms with E-state index in [1.807, 2.05) is 54.5 Å². The van der Waals surface area contributed by atoms with E-state index < -0.39 is 168 Å². The number of allylic oxidation sites excluding steroid dienone is 1. The smallest absolute Gasteiger partial charge is 0.330 e. The van der Waals surface area contributed by atoms with E-state index in [-0.39, 0.29) is 43.8 Å². The van der Waals surface area contributed by atoms with Crippen LogP contribution in [0.1, 0.15) is 153 Å². The standard InChI is InChI=1S/C63H102O22/c1-31(2)32(3)23-48(65)81-47-30-46-59(10)19-18-40(24-39(59)17-20-62(46,68)63(69)22-21-61(67,38(9)64)60(47,63)11)80-49-26-42(71-13)55(34(5)76-49)83-51-28-44(73-15)57(36(7)78-51)85-53-29-45(74-16)58(37(8)79-53)84-52-27-43(72-14)56(35(6)77-52)82-50-25-41(70-12)54(66)33(4)75-50/h17,23,31,33-37,40-47,49-58,66-69H,18-22,24-30H2,1-16H3/b32-23+/t33-,34-,35-,36-,37-,40+,41-,42+,43+,44+,45-,46-,47-,49+,50+,51+,52+,53+,54-,55-,56-,57-,58-,59+,60-,61-,62+,63-/m1/s1. The third-order valence-corrected chi connectivity index (χ3v) is 21.9. The molecule has 22 heteroatoms. The normalized spacial score (nSPS) is 49.5. The van der Waals surface area contributed by atoms with Gasteiger partial charge in [0.2, 0.25) is 0 Å². The first kappa shape index (κ1) is 67.3. The Kier molecular flexibility index (Phi) is 21.0. The molecule has 0 spiro atoms. The Balaban J connectivity index is 0.778. The van der Waals surface area contributed by atoms with Crippen molar-refractivity contribution in [2.75, 3.05) is 35.5 Å². The predicted molar refractivity (Wildman–Crippen MR) is 303 cm³/mol. The van der Waals surface area contributed by atoms with Gasteiger partial charge in [-0.2, -0.15) is 0 Å². The summed E-state index contributed by atoms with van der Waals surface area (Å²) in [7, 11) is 8.13. The highest BCUT2D eigenvalue weighted by Crippen LogP contribution is 2.71. The number of aliphatic hydroxyl groups is 4. The monoisotopic (exact) mass is 1210 g/mol. The molecule has 4 N–H and O–H groups in total. The molecule has 22 nitrogen and oxygen atoms in total. The van der Waals surface area contributed by atoms with Crippen LogP contribution in [0.2, 0.25) is 0 Å². The lowest BCUT2D eigenvalue weighted by atomic mass is 9.42. The molecule has 3 saturated carbocycles. The van der Waals surface area contributed by atoms with Gasteiger partial charge >= 0.3 is 5.97 Å². The minimum atomic E-state index is -2.03. The topological polar surface area (TPSA) is 263 Å². The van der Waals surface area contributed by atoms with Gasteiger partial charge in [0.05, 0.1) is 72.6 Å². The van der Waals surface area contributed by atoms with E-state index in [1.165, 1.54) is 13.0 Å². The van der Waals surface area contributed by atoms with Crippen molar-refractivity contribution in [2.45, 2.75) is 305 Å². The number of ether oxygens (including phenoxy) is 16. The molecule has 9 rings (SSSR count). The van der Waals surface area contributed by atoms with E-state index in [0.29, 0.717) is 51.4 Å². The first-order chi connectivity index (χ1) is 40.1. The first-order valence-electron chi connectivity index (χ1n) is 31.2. The summed E-state index contributed by atoms with van der Waals surface area (Å²) in [4.78, 5) is 27.0. The minimum absolute atomic E-state index is 0.0395. The molecule has 28 atom stereocenters. The number of esters is 1. The molecule has 0 unspecified atom stereocenters. The number of carbonyl (C=O) groups excluding carboxylic acids is 2. The van der Waals surface area contributed by atoms with Crippen LogP contribution in [0.5, 0.6) is 0 Å². The van der Waals surface area contributed by atoms with Crippen molar-refractivity contribution in [3.05, 3.63) is 23.3 Å². The fourth-order valence-corrected chi connectivity index (χ4v) is 16.3. The number of carbonyl (C=O) groups is 2. The molecule has 9 aliphatic rings. The second kappa shape index (κ2) is 26.6. The van der Waals surface area contributed by atoms with Gasteiger partial charge in [-0.3, -0.25) is 4.79 Å². The molecule has 486 valence electrons. The Morgan fingerprint density at radius 2 is 1.00 bits per heavy atom. The van der Waals surface area contributed by atoms with Crippen molar-refractivity contribution < 1.29 is 106 Å². The van der Waals surface area contributed by atoms with Crippen LogP contribution in [0.4, 0.5) is 0 Å². The third-order valence-electron chi connectivity index (χ3n) is 21.9. The maximum atomic E-state index is 13.6. The summed E-state index contributed by atoms with van der Waals surface area (Å²) in [5.74, 6) is -1.63. The van der Waals surface area contributed by atoms with Crippen molar-refractivity contribution in [3.63, 3.8) is 0 Å². The van der Waals surface area contributed by atoms with Crippen LogP contribution < -0.4 is 0 Å². The number of hydrogen-bond acceptors (Lipinski definition) is 22. The van der Waals surface area contributed by atoms with E-state index in [9.17, 15) is 30.0 Å². The van der Waals surface area contributed by atoms with Crippen molar-refractivity contribution in [3.8, 4) is 0 Å². The zero-order chi connectivity index (χ0) is 61.9. The van der Waals surface area contributed by atoms with Crippen molar-refractivity contribution in [2.24, 2.45) is 22.7 Å². The molecule has 8 fully saturated rings. The summed E-state index contributed by atoms with van der Waals surface area (Å²) in [6, 6.07) is 0. The molecular formula is C63H102O22. The summed E-state index contributed by atoms with van der Waals surface area (Å²) in [5, 5.41) is 48.6. The maximum absolute atomic E-state index is 13.6. The fraction of sp³-hybridized carbons (Fsp3) is 0.905. The molecule has 5 heterocycles. The lowest BCUT2D eigenvalue weighted by molar-refractivity contribution is -0.352. The summed E-state index contributed by atoms with van der Waals surface area (Å²) < 4.78 is 101. The van der Waals surface area contributed by atoms with Crippen LogP contribution in [0.15, 0.2) is 23.3 Å². The van der Waals surface area contributed by atoms with Gasteiger partial charge in [0.15, 0.2) is 37.2 Å². The molecule has 0 amide bonds. The van der Waals surface area contributed by atoms with Crippen LogP contribution in [-0.2, 0) is 85.4 Å². The molecule has 0 bridgehead atoms. The Bertz CT molecular complexity index is 2360. The second-order valence-corrected chi connectivity index (χ2v) is 26.8. The quantitative estimate of drug-likeness (QED) is 0.0691. The van der Waals surface area contributed by atoms with Crippen LogP contribution >= 0.6 is 0 Å². The number of hydrogen-bond donors (Lipinski definition) is 4. The van der Waals surface area contributed by atoms with Gasteiger partial charge in [-0.15, -0.1) is 0 Å². The number of rotatable bonds is 19. The highest BCUT2D eigenvalue weighted by molar-refractivity contribution is 5.87. The largest absolute Gasteiger partial charge is 0.458 e. The molecule has 85 heavy (non-hydrogen) atoms. The van der Waals surface area contributed by atoms with Crippen molar-refractivity contribution in [1.29, 1.82) is 0 Å². The Morgan fingerprint density at radius 3 is 1.41 bits per heavy atom. The number of fused-ring (bicyclic) bond motifs is 5. The van der Waals surface area contributed by atoms with Gasteiger partial charge in [-0.05, 0) is 112 Å². The van der Waals surface area contributed by atoms with E-state index in [1.54, 1.807) is 49.4 Å². The van der Waals surface area contributed by atoms with Gasteiger partial charge in [-0.25, -0.2) is 4.79 Å². The minimum Gasteiger partial charge on any atom is -0.458 e. The summed E-state index contributed by atoms with van der Waals surface area (Å²) in [5.41, 5.74) is -6.15. The molecule has 5 saturated heterocycles. The van der Waals surface area contributed by atoms with Gasteiger partial charge in [-0.1, -0.05) is 38.0 Å². The Morgan fingerprint density at radius 1 is 0.588 bits per heavy atom. The summed E-state index contributed by atoms with van der Waals surface area (Å²) in [6.07, 6.45) is -4.41. The van der Waals surface area contributed by atoms with E-state index in [2.05, 4.69) is 6.92 Å². The molecule has 0 radical (unpaired) electrons. The number of Topliss-reactive ketones (excluding diaryl/α,β-unsaturated/α-hetero) is 1. The summed E-state index contributed by atoms with van der Waals surface area (Å²) >= 11 is 0. The molecular weight excluding hydrogens is 1110 g/mol. The SMILES string of the molecule is CO[C@H]1C[C@H](O[C@H]2CC[C@@]3(C)C(=CC[C@]4(O)[C@@H]3C[C@@H](OC(=O)/C=C(\C)C(C)C)[C@@]3(C)[C@]4(O)CC[C@@]3(O)C(C)=O)C2)O[C@H](C)[C@H]1O[C@H]1C[C@H](OC)[C@H](O[C@H]2C[C@@H](OC)[C@H](O[C@H]3C[C@H](OC)[C@H](O[C@H]4C[C@@H](OC)[C@H](O)[C@@H](C)O4)[C@@H](C)O3)[C@@H](C)O2)[C@@H](C)O1. The van der Waals surface area contributed by atoms with Crippen molar-refractivity contribution >= 4 is 11.8 Å². The van der Waals surface area contributed by atoms with Crippen LogP contribution in [-0.4, -0.2) is 220 Å². The Hall–Kier alpha value is -2.14. The molecule has 4 aliphatic carbocycles. The van der Waals surface area contributed by atoms with Gasteiger partial charge < -0.3 is 96.2 Å². The van der Waals surface area contributed by atoms with Crippen LogP contribution in [0.25, 0.3) is 0 Å². The molecule has 0 aromatic heterocycles. The summed E-state index contributed by atoms with van der Waals surface area (Å²) in [6.45, 7) is 20.3. The van der Waals surface area contributed by atoms with E-state index in [4.69, 9.17) is 75.8 Å². The number of ketones is 1. The first-order valence-corrected chi connectivity index (χ1v) is 31.2. The fourth-order valence-electron chi connectivity index (χ4n) is 16.3. The van der Waals surface area contributed by atoms with Crippen LogP contribution in [0.3, 0.4) is 0 Å². The molecule has 0 aromatic carbocycles. The third kappa shape index (κ3) is 12.6. The van der Waals surface area contributed by atoms with E-state index >= 15 is 0 Å². The highest BCUT2D eigenvalue weighted by Gasteiger charge is 2.81. The van der Waals surface area contributed by atoms with Gasteiger partial charge in [0.1, 0.15) is 53.4 Å². The lowest BCUT2D eigenvalue weighted by Crippen LogP contribution is -2.78. The predicted octanol–water partition coefficient (Wildman–Crippen LogP) is 5.66. The highest BCUT2D eigenvalue weighted by atomic mass is 16.8. The number of methoxy groups -OCH3 is 5. The Labute approximate surface area is 502 Å². The lowest BCUT2D eigenvalue weighted by Gasteiger charge is -2.67. The second-order valence-electron chi connectivity index (χ2n) is 26.8. The van der Waals surface area contributed by atoms with Gasteiger partial charge in [0.25, 0.3) is 0 Å². The molecule has 5 aliphatic heterocycles.